The van der Waals surface area contributed by atoms with Gasteiger partial charge in [0.1, 0.15) is 0 Å². The number of carbonyl (C=O) groups is 2. The van der Waals surface area contributed by atoms with E-state index < -0.39 is 23.5 Å². The number of furan rings is 1. The van der Waals surface area contributed by atoms with E-state index in [4.69, 9.17) is 23.6 Å². The Labute approximate surface area is 258 Å². The Morgan fingerprint density at radius 2 is 1.89 bits per heavy atom. The van der Waals surface area contributed by atoms with Crippen LogP contribution in [0.1, 0.15) is 54.4 Å². The van der Waals surface area contributed by atoms with Crippen molar-refractivity contribution in [3.63, 3.8) is 0 Å². The van der Waals surface area contributed by atoms with Crippen molar-refractivity contribution in [2.75, 3.05) is 25.2 Å². The van der Waals surface area contributed by atoms with Gasteiger partial charge in [-0.3, -0.25) is 14.5 Å². The molecule has 0 bridgehead atoms. The molecule has 10 heteroatoms. The summed E-state index contributed by atoms with van der Waals surface area (Å²) in [7, 11) is 1.52. The number of benzene rings is 3. The van der Waals surface area contributed by atoms with Crippen LogP contribution in [-0.4, -0.2) is 42.1 Å². The van der Waals surface area contributed by atoms with Crippen molar-refractivity contribution < 1.29 is 33.3 Å². The third kappa shape index (κ3) is 5.15. The Bertz CT molecular complexity index is 1920. The highest BCUT2D eigenvalue weighted by molar-refractivity contribution is 7.22. The topological polar surface area (TPSA) is 111 Å². The number of ketones is 1. The van der Waals surface area contributed by atoms with Crippen LogP contribution in [0.3, 0.4) is 0 Å². The Morgan fingerprint density at radius 1 is 1.05 bits per heavy atom. The van der Waals surface area contributed by atoms with Crippen LogP contribution in [0.4, 0.5) is 5.13 Å². The summed E-state index contributed by atoms with van der Waals surface area (Å²) in [5.74, 6) is -0.561. The number of ether oxygens (including phenoxy) is 3. The van der Waals surface area contributed by atoms with E-state index in [2.05, 4.69) is 6.92 Å². The first-order chi connectivity index (χ1) is 21.3. The van der Waals surface area contributed by atoms with Crippen molar-refractivity contribution in [2.45, 2.75) is 39.7 Å². The van der Waals surface area contributed by atoms with Crippen molar-refractivity contribution in [3.05, 3.63) is 88.9 Å². The minimum absolute atomic E-state index is 0.0322. The Kier molecular flexibility index (Phi) is 8.01. The molecule has 9 nitrogen and oxygen atoms in total. The lowest BCUT2D eigenvalue weighted by molar-refractivity contribution is -0.117. The van der Waals surface area contributed by atoms with E-state index in [1.54, 1.807) is 42.5 Å². The van der Waals surface area contributed by atoms with Gasteiger partial charge in [0.05, 0.1) is 42.2 Å². The monoisotopic (exact) mass is 612 g/mol. The van der Waals surface area contributed by atoms with Gasteiger partial charge in [0, 0.05) is 5.39 Å². The lowest BCUT2D eigenvalue weighted by atomic mass is 9.95. The molecule has 0 saturated carbocycles. The summed E-state index contributed by atoms with van der Waals surface area (Å²) < 4.78 is 24.2. The van der Waals surface area contributed by atoms with Crippen molar-refractivity contribution in [1.29, 1.82) is 0 Å². The number of nitrogens with zero attached hydrogens (tertiary/aromatic N) is 2. The van der Waals surface area contributed by atoms with Gasteiger partial charge in [0.2, 0.25) is 5.78 Å². The van der Waals surface area contributed by atoms with Crippen molar-refractivity contribution in [3.8, 4) is 17.2 Å². The van der Waals surface area contributed by atoms with E-state index in [0.717, 1.165) is 23.1 Å². The second-order valence-electron chi connectivity index (χ2n) is 10.5. The van der Waals surface area contributed by atoms with Crippen molar-refractivity contribution >= 4 is 49.3 Å². The number of carbonyl (C=O) groups excluding carboxylic acids is 2. The largest absolute Gasteiger partial charge is 0.503 e. The SMILES string of the molecule is CCCCOc1ccc(C2C(C(=O)c3cc4cccc(OC)c4o3)=C(O)C(=O)N2c2nc3ccc(C)cc3s2)cc1OCC. The van der Waals surface area contributed by atoms with Gasteiger partial charge in [-0.2, -0.15) is 0 Å². The maximum absolute atomic E-state index is 14.2. The number of aliphatic hydroxyl groups excluding tert-OH is 1. The summed E-state index contributed by atoms with van der Waals surface area (Å²) in [6.07, 6.45) is 1.86. The number of amides is 1. The quantitative estimate of drug-likeness (QED) is 0.119. The van der Waals surface area contributed by atoms with Crippen LogP contribution in [0.15, 0.2) is 76.4 Å². The molecular weight excluding hydrogens is 580 g/mol. The number of hydrogen-bond donors (Lipinski definition) is 1. The first-order valence-electron chi connectivity index (χ1n) is 14.5. The second kappa shape index (κ2) is 12.0. The third-order valence-electron chi connectivity index (χ3n) is 7.48. The zero-order chi connectivity index (χ0) is 31.0. The zero-order valence-corrected chi connectivity index (χ0v) is 25.7. The van der Waals surface area contributed by atoms with Gasteiger partial charge in [-0.25, -0.2) is 4.98 Å². The van der Waals surface area contributed by atoms with E-state index in [-0.39, 0.29) is 11.3 Å². The zero-order valence-electron chi connectivity index (χ0n) is 24.9. The van der Waals surface area contributed by atoms with Gasteiger partial charge >= 0.3 is 0 Å². The number of aliphatic hydroxyl groups is 1. The van der Waals surface area contributed by atoms with Crippen LogP contribution in [-0.2, 0) is 4.79 Å². The first kappa shape index (κ1) is 29.3. The van der Waals surface area contributed by atoms with E-state index in [9.17, 15) is 14.7 Å². The molecule has 3 heterocycles. The molecular formula is C34H32N2O7S. The van der Waals surface area contributed by atoms with Crippen LogP contribution >= 0.6 is 11.3 Å². The number of hydrogen-bond acceptors (Lipinski definition) is 9. The molecule has 1 amide bonds. The summed E-state index contributed by atoms with van der Waals surface area (Å²) in [4.78, 5) is 34.1. The Hall–Kier alpha value is -4.83. The van der Waals surface area contributed by atoms with Crippen molar-refractivity contribution in [1.82, 2.24) is 4.98 Å². The standard InChI is InChI=1S/C34H32N2O7S/c1-5-7-15-42-23-14-12-20(17-25(23)41-6-2)29-28(30(37)26-18-21-9-8-10-24(40-4)32(21)43-26)31(38)33(39)36(29)34-35-22-13-11-19(3)16-27(22)44-34/h8-14,16-18,29,38H,5-7,15H2,1-4H3. The fourth-order valence-corrected chi connectivity index (χ4v) is 6.41. The number of aryl methyl sites for hydroxylation is 1. The number of rotatable bonds is 11. The lowest BCUT2D eigenvalue weighted by Gasteiger charge is -2.25. The van der Waals surface area contributed by atoms with E-state index >= 15 is 0 Å². The summed E-state index contributed by atoms with van der Waals surface area (Å²) in [6.45, 7) is 6.84. The molecule has 0 aliphatic carbocycles. The first-order valence-corrected chi connectivity index (χ1v) is 15.3. The maximum atomic E-state index is 14.2. The number of para-hydroxylation sites is 1. The average Bonchev–Trinajstić information content (AvgIpc) is 3.71. The van der Waals surface area contributed by atoms with E-state index in [0.29, 0.717) is 57.6 Å². The predicted octanol–water partition coefficient (Wildman–Crippen LogP) is 7.72. The number of methoxy groups -OCH3 is 1. The minimum Gasteiger partial charge on any atom is -0.503 e. The normalized spacial score (nSPS) is 15.0. The molecule has 1 atom stereocenters. The number of fused-ring (bicyclic) bond motifs is 2. The summed E-state index contributed by atoms with van der Waals surface area (Å²) in [5.41, 5.74) is 2.58. The highest BCUT2D eigenvalue weighted by atomic mass is 32.1. The molecule has 226 valence electrons. The number of unbranched alkanes of at least 4 members (excludes halogenated alkanes) is 1. The van der Waals surface area contributed by atoms with Gasteiger partial charge in [-0.05, 0) is 67.8 Å². The molecule has 3 aromatic carbocycles. The number of anilines is 1. The molecule has 1 aliphatic heterocycles. The second-order valence-corrected chi connectivity index (χ2v) is 11.5. The average molecular weight is 613 g/mol. The van der Waals surface area contributed by atoms with Crippen LogP contribution < -0.4 is 19.1 Å². The smallest absolute Gasteiger partial charge is 0.296 e. The molecule has 6 rings (SSSR count). The van der Waals surface area contributed by atoms with Crippen LogP contribution in [0.2, 0.25) is 0 Å². The van der Waals surface area contributed by atoms with E-state index in [1.807, 2.05) is 32.0 Å². The van der Waals surface area contributed by atoms with Gasteiger partial charge in [-0.15, -0.1) is 0 Å². The minimum atomic E-state index is -1.02. The third-order valence-corrected chi connectivity index (χ3v) is 8.50. The molecule has 0 saturated heterocycles. The fraction of sp³-hybridized carbons (Fsp3) is 0.265. The molecule has 1 N–H and O–H groups in total. The molecule has 0 spiro atoms. The van der Waals surface area contributed by atoms with Gasteiger partial charge < -0.3 is 23.7 Å². The summed E-state index contributed by atoms with van der Waals surface area (Å²) >= 11 is 1.31. The molecule has 44 heavy (non-hydrogen) atoms. The lowest BCUT2D eigenvalue weighted by Crippen LogP contribution is -2.31. The van der Waals surface area contributed by atoms with Gasteiger partial charge in [0.15, 0.2) is 39.5 Å². The molecule has 1 unspecified atom stereocenters. The molecule has 2 aromatic heterocycles. The van der Waals surface area contributed by atoms with Gasteiger partial charge in [0.25, 0.3) is 5.91 Å². The molecule has 0 radical (unpaired) electrons. The van der Waals surface area contributed by atoms with Crippen LogP contribution in [0.25, 0.3) is 21.2 Å². The Morgan fingerprint density at radius 3 is 2.66 bits per heavy atom. The number of aromatic nitrogens is 1. The highest BCUT2D eigenvalue weighted by Gasteiger charge is 2.47. The summed E-state index contributed by atoms with van der Waals surface area (Å²) in [6, 6.07) is 17.0. The fourth-order valence-electron chi connectivity index (χ4n) is 5.32. The maximum Gasteiger partial charge on any atom is 0.296 e. The van der Waals surface area contributed by atoms with Crippen LogP contribution in [0, 0.1) is 6.92 Å². The highest BCUT2D eigenvalue weighted by Crippen LogP contribution is 2.46. The van der Waals surface area contributed by atoms with Crippen LogP contribution in [0.5, 0.6) is 17.2 Å². The predicted molar refractivity (Wildman–Crippen MR) is 169 cm³/mol. The van der Waals surface area contributed by atoms with Crippen molar-refractivity contribution in [2.24, 2.45) is 0 Å². The van der Waals surface area contributed by atoms with E-state index in [1.165, 1.54) is 23.3 Å². The Balaban J connectivity index is 1.50. The number of thiazole rings is 1. The molecule has 5 aromatic rings. The van der Waals surface area contributed by atoms with Gasteiger partial charge in [-0.1, -0.05) is 48.9 Å². The molecule has 1 aliphatic rings. The summed E-state index contributed by atoms with van der Waals surface area (Å²) in [5, 5.41) is 12.3. The molecule has 0 fully saturated rings. The number of Topliss-reactive ketones (excluding diaryl/α,β-unsaturated/α-hetero) is 1.